The van der Waals surface area contributed by atoms with Crippen LogP contribution in [-0.2, 0) is 0 Å². The average Bonchev–Trinajstić information content (AvgIpc) is 2.84. The molecule has 1 atom stereocenters. The van der Waals surface area contributed by atoms with Crippen LogP contribution >= 0.6 is 0 Å². The van der Waals surface area contributed by atoms with Crippen molar-refractivity contribution in [3.05, 3.63) is 47.3 Å². The zero-order chi connectivity index (χ0) is 13.1. The zero-order valence-corrected chi connectivity index (χ0v) is 9.87. The highest BCUT2D eigenvalue weighted by atomic mass is 19.2. The highest BCUT2D eigenvalue weighted by Crippen LogP contribution is 2.29. The standard InChI is InChI=1S/C13H15F2N3/c14-12-2-1-9(5-13(12)15)10-3-4-18(8-10)11(6-16)7-17/h1-2,5-7,10,16H,3-4,8,17H2/b11-7+,16-6?. The summed E-state index contributed by atoms with van der Waals surface area (Å²) in [5.41, 5.74) is 6.87. The molecule has 0 amide bonds. The molecular weight excluding hydrogens is 236 g/mol. The molecule has 96 valence electrons. The van der Waals surface area contributed by atoms with Crippen molar-refractivity contribution in [2.24, 2.45) is 5.73 Å². The second kappa shape index (κ2) is 5.16. The van der Waals surface area contributed by atoms with Crippen LogP contribution < -0.4 is 5.73 Å². The van der Waals surface area contributed by atoms with Crippen LogP contribution in [0.15, 0.2) is 30.1 Å². The Morgan fingerprint density at radius 3 is 2.78 bits per heavy atom. The Kier molecular flexibility index (Phi) is 3.60. The minimum atomic E-state index is -0.823. The largest absolute Gasteiger partial charge is 0.403 e. The van der Waals surface area contributed by atoms with Crippen LogP contribution in [0.4, 0.5) is 8.78 Å². The van der Waals surface area contributed by atoms with Crippen molar-refractivity contribution >= 4 is 6.21 Å². The summed E-state index contributed by atoms with van der Waals surface area (Å²) < 4.78 is 26.0. The molecule has 1 aliphatic rings. The van der Waals surface area contributed by atoms with Gasteiger partial charge in [0.05, 0.1) is 5.70 Å². The highest BCUT2D eigenvalue weighted by Gasteiger charge is 2.25. The number of halogens is 2. The SMILES string of the molecule is N=C/C(=C\N)N1CCC(c2ccc(F)c(F)c2)C1. The van der Waals surface area contributed by atoms with Gasteiger partial charge in [0.1, 0.15) is 0 Å². The monoisotopic (exact) mass is 251 g/mol. The summed E-state index contributed by atoms with van der Waals surface area (Å²) in [5.74, 6) is -1.49. The zero-order valence-electron chi connectivity index (χ0n) is 9.87. The average molecular weight is 251 g/mol. The molecule has 1 saturated heterocycles. The summed E-state index contributed by atoms with van der Waals surface area (Å²) in [6.07, 6.45) is 3.44. The maximum absolute atomic E-state index is 13.2. The lowest BCUT2D eigenvalue weighted by atomic mass is 9.98. The number of likely N-dealkylation sites (tertiary alicyclic amines) is 1. The molecule has 3 N–H and O–H groups in total. The molecule has 2 rings (SSSR count). The number of hydrogen-bond acceptors (Lipinski definition) is 3. The maximum Gasteiger partial charge on any atom is 0.159 e. The Labute approximate surface area is 104 Å². The van der Waals surface area contributed by atoms with Crippen LogP contribution in [0.1, 0.15) is 17.9 Å². The second-order valence-corrected chi connectivity index (χ2v) is 4.34. The smallest absolute Gasteiger partial charge is 0.159 e. The van der Waals surface area contributed by atoms with Gasteiger partial charge in [-0.3, -0.25) is 0 Å². The first kappa shape index (κ1) is 12.5. The van der Waals surface area contributed by atoms with Gasteiger partial charge in [0.2, 0.25) is 0 Å². The van der Waals surface area contributed by atoms with E-state index >= 15 is 0 Å². The quantitative estimate of drug-likeness (QED) is 0.809. The molecule has 1 heterocycles. The number of allylic oxidation sites excluding steroid dienone is 1. The molecule has 0 radical (unpaired) electrons. The molecular formula is C13H15F2N3. The number of benzene rings is 1. The van der Waals surface area contributed by atoms with Crippen molar-refractivity contribution in [1.29, 1.82) is 5.41 Å². The molecule has 0 aliphatic carbocycles. The summed E-state index contributed by atoms with van der Waals surface area (Å²) in [7, 11) is 0. The van der Waals surface area contributed by atoms with E-state index in [-0.39, 0.29) is 5.92 Å². The number of rotatable bonds is 3. The van der Waals surface area contributed by atoms with E-state index < -0.39 is 11.6 Å². The fourth-order valence-electron chi connectivity index (χ4n) is 2.28. The van der Waals surface area contributed by atoms with E-state index in [4.69, 9.17) is 11.1 Å². The van der Waals surface area contributed by atoms with Gasteiger partial charge in [0.25, 0.3) is 0 Å². The Bertz CT molecular complexity index is 485. The van der Waals surface area contributed by atoms with Crippen LogP contribution in [0.5, 0.6) is 0 Å². The molecule has 18 heavy (non-hydrogen) atoms. The van der Waals surface area contributed by atoms with E-state index in [1.165, 1.54) is 18.5 Å². The molecule has 0 saturated carbocycles. The number of hydrogen-bond donors (Lipinski definition) is 2. The Morgan fingerprint density at radius 1 is 1.39 bits per heavy atom. The number of nitrogens with two attached hydrogens (primary N) is 1. The first-order valence-electron chi connectivity index (χ1n) is 5.78. The Morgan fingerprint density at radius 2 is 2.17 bits per heavy atom. The normalized spacial score (nSPS) is 20.2. The van der Waals surface area contributed by atoms with Gasteiger partial charge in [-0.05, 0) is 24.1 Å². The van der Waals surface area contributed by atoms with E-state index in [9.17, 15) is 8.78 Å². The molecule has 1 aliphatic heterocycles. The fourth-order valence-corrected chi connectivity index (χ4v) is 2.28. The van der Waals surface area contributed by atoms with Gasteiger partial charge in [-0.15, -0.1) is 0 Å². The molecule has 1 fully saturated rings. The van der Waals surface area contributed by atoms with Crippen molar-refractivity contribution in [2.75, 3.05) is 13.1 Å². The Hall–Kier alpha value is -1.91. The Balaban J connectivity index is 2.13. The van der Waals surface area contributed by atoms with Gasteiger partial charge in [0.15, 0.2) is 11.6 Å². The first-order chi connectivity index (χ1) is 8.65. The van der Waals surface area contributed by atoms with Crippen LogP contribution in [0.3, 0.4) is 0 Å². The minimum absolute atomic E-state index is 0.148. The van der Waals surface area contributed by atoms with Crippen molar-refractivity contribution in [2.45, 2.75) is 12.3 Å². The van der Waals surface area contributed by atoms with Crippen LogP contribution in [0.25, 0.3) is 0 Å². The van der Waals surface area contributed by atoms with Crippen LogP contribution in [0, 0.1) is 17.0 Å². The third-order valence-corrected chi connectivity index (χ3v) is 3.29. The number of nitrogens with one attached hydrogen (secondary N) is 1. The van der Waals surface area contributed by atoms with Crippen LogP contribution in [0.2, 0.25) is 0 Å². The summed E-state index contributed by atoms with van der Waals surface area (Å²) in [6, 6.07) is 4.02. The molecule has 5 heteroatoms. The highest BCUT2D eigenvalue weighted by molar-refractivity contribution is 5.74. The maximum atomic E-state index is 13.2. The lowest BCUT2D eigenvalue weighted by molar-refractivity contribution is 0.441. The molecule has 1 aromatic carbocycles. The lowest BCUT2D eigenvalue weighted by Crippen LogP contribution is -2.21. The summed E-state index contributed by atoms with van der Waals surface area (Å²) in [4.78, 5) is 1.97. The van der Waals surface area contributed by atoms with Gasteiger partial charge in [0, 0.05) is 31.4 Å². The van der Waals surface area contributed by atoms with Crippen molar-refractivity contribution in [3.63, 3.8) is 0 Å². The predicted octanol–water partition coefficient (Wildman–Crippen LogP) is 2.20. The van der Waals surface area contributed by atoms with Gasteiger partial charge < -0.3 is 16.0 Å². The minimum Gasteiger partial charge on any atom is -0.403 e. The van der Waals surface area contributed by atoms with Crippen molar-refractivity contribution in [1.82, 2.24) is 4.90 Å². The van der Waals surface area contributed by atoms with E-state index in [1.807, 2.05) is 4.90 Å². The molecule has 0 bridgehead atoms. The molecule has 0 aromatic heterocycles. The molecule has 3 nitrogen and oxygen atoms in total. The van der Waals surface area contributed by atoms with Gasteiger partial charge in [-0.25, -0.2) is 8.78 Å². The van der Waals surface area contributed by atoms with E-state index in [2.05, 4.69) is 0 Å². The van der Waals surface area contributed by atoms with Crippen molar-refractivity contribution < 1.29 is 8.78 Å². The van der Waals surface area contributed by atoms with E-state index in [1.54, 1.807) is 6.07 Å². The van der Waals surface area contributed by atoms with Gasteiger partial charge in [-0.2, -0.15) is 0 Å². The topological polar surface area (TPSA) is 53.1 Å². The number of nitrogens with zero attached hydrogens (tertiary/aromatic N) is 1. The third kappa shape index (κ3) is 2.34. The van der Waals surface area contributed by atoms with Gasteiger partial charge >= 0.3 is 0 Å². The lowest BCUT2D eigenvalue weighted by Gasteiger charge is -2.18. The summed E-state index contributed by atoms with van der Waals surface area (Å²) in [5, 5.41) is 7.23. The van der Waals surface area contributed by atoms with E-state index in [0.29, 0.717) is 12.2 Å². The van der Waals surface area contributed by atoms with Crippen LogP contribution in [-0.4, -0.2) is 24.2 Å². The predicted molar refractivity (Wildman–Crippen MR) is 66.3 cm³/mol. The molecule has 1 unspecified atom stereocenters. The first-order valence-corrected chi connectivity index (χ1v) is 5.78. The van der Waals surface area contributed by atoms with Crippen molar-refractivity contribution in [3.8, 4) is 0 Å². The summed E-state index contributed by atoms with van der Waals surface area (Å²) in [6.45, 7) is 1.44. The van der Waals surface area contributed by atoms with E-state index in [0.717, 1.165) is 24.6 Å². The second-order valence-electron chi connectivity index (χ2n) is 4.34. The third-order valence-electron chi connectivity index (χ3n) is 3.29. The molecule has 1 aromatic rings. The summed E-state index contributed by atoms with van der Waals surface area (Å²) >= 11 is 0. The molecule has 0 spiro atoms. The van der Waals surface area contributed by atoms with Gasteiger partial charge in [-0.1, -0.05) is 6.07 Å². The fraction of sp³-hybridized carbons (Fsp3) is 0.308.